The van der Waals surface area contributed by atoms with Crippen LogP contribution in [-0.2, 0) is 7.05 Å². The Kier molecular flexibility index (Phi) is 2.93. The summed E-state index contributed by atoms with van der Waals surface area (Å²) in [6.45, 7) is 1.78. The third-order valence-electron chi connectivity index (χ3n) is 2.54. The summed E-state index contributed by atoms with van der Waals surface area (Å²) in [6, 6.07) is 4.89. The Morgan fingerprint density at radius 2 is 2.22 bits per heavy atom. The van der Waals surface area contributed by atoms with Crippen LogP contribution in [0.2, 0.25) is 0 Å². The molecule has 0 saturated heterocycles. The lowest BCUT2D eigenvalue weighted by Crippen LogP contribution is -2.14. The zero-order valence-electron chi connectivity index (χ0n) is 10.1. The van der Waals surface area contributed by atoms with Gasteiger partial charge in [-0.15, -0.1) is 0 Å². The highest BCUT2D eigenvalue weighted by atomic mass is 16.3. The lowest BCUT2D eigenvalue weighted by atomic mass is 10.2. The maximum Gasteiger partial charge on any atom is 0.278 e. The molecule has 0 atom stereocenters. The average Bonchev–Trinajstić information content (AvgIpc) is 2.63. The number of carbonyl (C=O) groups excluding carboxylic acids is 1. The van der Waals surface area contributed by atoms with Crippen LogP contribution in [0.5, 0.6) is 5.75 Å². The minimum Gasteiger partial charge on any atom is -0.508 e. The van der Waals surface area contributed by atoms with Crippen LogP contribution in [0.1, 0.15) is 16.1 Å². The Bertz CT molecular complexity index is 604. The van der Waals surface area contributed by atoms with Crippen LogP contribution in [0, 0.1) is 6.92 Å². The van der Waals surface area contributed by atoms with Gasteiger partial charge >= 0.3 is 0 Å². The molecular formula is C12H14N4O2. The largest absolute Gasteiger partial charge is 0.508 e. The highest BCUT2D eigenvalue weighted by Crippen LogP contribution is 2.21. The summed E-state index contributed by atoms with van der Waals surface area (Å²) in [5, 5.41) is 16.1. The monoisotopic (exact) mass is 246 g/mol. The summed E-state index contributed by atoms with van der Waals surface area (Å²) < 4.78 is 1.47. The Hall–Kier alpha value is -2.50. The van der Waals surface area contributed by atoms with Gasteiger partial charge in [0.15, 0.2) is 5.69 Å². The minimum absolute atomic E-state index is 0.127. The van der Waals surface area contributed by atoms with E-state index in [9.17, 15) is 9.90 Å². The SMILES string of the molecule is Cc1ccc(NC(=O)c2nn(C)cc2N)cc1O. The van der Waals surface area contributed by atoms with Crippen LogP contribution in [0.4, 0.5) is 11.4 Å². The van der Waals surface area contributed by atoms with Crippen LogP contribution in [0.3, 0.4) is 0 Å². The summed E-state index contributed by atoms with van der Waals surface area (Å²) in [7, 11) is 1.69. The number of benzene rings is 1. The lowest BCUT2D eigenvalue weighted by molar-refractivity contribution is 0.102. The van der Waals surface area contributed by atoms with E-state index in [1.165, 1.54) is 10.7 Å². The normalized spacial score (nSPS) is 10.3. The second kappa shape index (κ2) is 4.40. The van der Waals surface area contributed by atoms with Crippen molar-refractivity contribution in [1.82, 2.24) is 9.78 Å². The molecule has 0 fully saturated rings. The number of hydrogen-bond acceptors (Lipinski definition) is 4. The molecule has 6 nitrogen and oxygen atoms in total. The highest BCUT2D eigenvalue weighted by Gasteiger charge is 2.14. The van der Waals surface area contributed by atoms with Gasteiger partial charge in [-0.3, -0.25) is 9.48 Å². The van der Waals surface area contributed by atoms with Crippen molar-refractivity contribution < 1.29 is 9.90 Å². The fourth-order valence-electron chi connectivity index (χ4n) is 1.56. The first kappa shape index (κ1) is 12.0. The fraction of sp³-hybridized carbons (Fsp3) is 0.167. The molecule has 0 radical (unpaired) electrons. The number of hydrogen-bond donors (Lipinski definition) is 3. The van der Waals surface area contributed by atoms with E-state index in [-0.39, 0.29) is 11.4 Å². The van der Waals surface area contributed by atoms with Gasteiger partial charge < -0.3 is 16.2 Å². The molecule has 1 amide bonds. The van der Waals surface area contributed by atoms with E-state index in [0.29, 0.717) is 11.4 Å². The first-order valence-corrected chi connectivity index (χ1v) is 5.37. The third-order valence-corrected chi connectivity index (χ3v) is 2.54. The van der Waals surface area contributed by atoms with E-state index < -0.39 is 5.91 Å². The van der Waals surface area contributed by atoms with Crippen molar-refractivity contribution >= 4 is 17.3 Å². The van der Waals surface area contributed by atoms with Crippen molar-refractivity contribution in [3.63, 3.8) is 0 Å². The summed E-state index contributed by atoms with van der Waals surface area (Å²) in [4.78, 5) is 11.9. The highest BCUT2D eigenvalue weighted by molar-refractivity contribution is 6.06. The number of aromatic nitrogens is 2. The van der Waals surface area contributed by atoms with Crippen molar-refractivity contribution in [1.29, 1.82) is 0 Å². The predicted molar refractivity (Wildman–Crippen MR) is 68.4 cm³/mol. The number of nitrogen functional groups attached to an aromatic ring is 1. The second-order valence-electron chi connectivity index (χ2n) is 4.06. The summed E-state index contributed by atoms with van der Waals surface area (Å²) in [5.41, 5.74) is 7.37. The van der Waals surface area contributed by atoms with Gasteiger partial charge in [0.2, 0.25) is 0 Å². The van der Waals surface area contributed by atoms with Gasteiger partial charge in [0, 0.05) is 25.0 Å². The number of phenols is 1. The fourth-order valence-corrected chi connectivity index (χ4v) is 1.56. The molecule has 18 heavy (non-hydrogen) atoms. The number of nitrogens with one attached hydrogen (secondary N) is 1. The smallest absolute Gasteiger partial charge is 0.278 e. The number of nitrogens with zero attached hydrogens (tertiary/aromatic N) is 2. The molecule has 1 aromatic carbocycles. The van der Waals surface area contributed by atoms with Gasteiger partial charge in [-0.2, -0.15) is 5.10 Å². The molecule has 0 aliphatic heterocycles. The molecule has 0 saturated carbocycles. The molecule has 4 N–H and O–H groups in total. The topological polar surface area (TPSA) is 93.2 Å². The first-order valence-electron chi connectivity index (χ1n) is 5.37. The molecule has 2 rings (SSSR count). The maximum absolute atomic E-state index is 11.9. The molecule has 1 aromatic heterocycles. The third kappa shape index (κ3) is 2.27. The summed E-state index contributed by atoms with van der Waals surface area (Å²) in [5.74, 6) is -0.279. The summed E-state index contributed by atoms with van der Waals surface area (Å²) >= 11 is 0. The molecule has 0 aliphatic carbocycles. The standard InChI is InChI=1S/C12H14N4O2/c1-7-3-4-8(5-10(7)17)14-12(18)11-9(13)6-16(2)15-11/h3-6,17H,13H2,1-2H3,(H,14,18). The number of anilines is 2. The number of carbonyl (C=O) groups is 1. The zero-order chi connectivity index (χ0) is 13.3. The number of aromatic hydroxyl groups is 1. The van der Waals surface area contributed by atoms with Gasteiger partial charge in [0.1, 0.15) is 5.75 Å². The Morgan fingerprint density at radius 1 is 1.50 bits per heavy atom. The van der Waals surface area contributed by atoms with Gasteiger partial charge in [0.25, 0.3) is 5.91 Å². The molecule has 6 heteroatoms. The van der Waals surface area contributed by atoms with Crippen molar-refractivity contribution in [3.8, 4) is 5.75 Å². The van der Waals surface area contributed by atoms with E-state index in [4.69, 9.17) is 5.73 Å². The van der Waals surface area contributed by atoms with E-state index in [1.807, 2.05) is 0 Å². The molecule has 0 unspecified atom stereocenters. The lowest BCUT2D eigenvalue weighted by Gasteiger charge is -2.05. The van der Waals surface area contributed by atoms with Crippen LogP contribution >= 0.6 is 0 Å². The minimum atomic E-state index is -0.406. The van der Waals surface area contributed by atoms with E-state index in [0.717, 1.165) is 5.56 Å². The molecular weight excluding hydrogens is 232 g/mol. The first-order chi connectivity index (χ1) is 8.47. The van der Waals surface area contributed by atoms with Crippen LogP contribution in [-0.4, -0.2) is 20.8 Å². The predicted octanol–water partition coefficient (Wildman–Crippen LogP) is 1.27. The average molecular weight is 246 g/mol. The van der Waals surface area contributed by atoms with Crippen LogP contribution < -0.4 is 11.1 Å². The molecule has 0 aliphatic rings. The van der Waals surface area contributed by atoms with E-state index in [1.54, 1.807) is 32.3 Å². The molecule has 1 heterocycles. The van der Waals surface area contributed by atoms with Crippen molar-refractivity contribution in [2.75, 3.05) is 11.1 Å². The number of amides is 1. The maximum atomic E-state index is 11.9. The van der Waals surface area contributed by atoms with Gasteiger partial charge in [-0.1, -0.05) is 6.07 Å². The van der Waals surface area contributed by atoms with E-state index in [2.05, 4.69) is 10.4 Å². The van der Waals surface area contributed by atoms with Crippen LogP contribution in [0.25, 0.3) is 0 Å². The van der Waals surface area contributed by atoms with Crippen molar-refractivity contribution in [2.45, 2.75) is 6.92 Å². The molecule has 94 valence electrons. The Labute approximate surface area is 104 Å². The number of aryl methyl sites for hydroxylation is 2. The van der Waals surface area contributed by atoms with E-state index >= 15 is 0 Å². The molecule has 0 bridgehead atoms. The molecule has 2 aromatic rings. The number of phenolic OH excluding ortho intramolecular Hbond substituents is 1. The number of nitrogens with two attached hydrogens (primary N) is 1. The van der Waals surface area contributed by atoms with Gasteiger partial charge in [0.05, 0.1) is 5.69 Å². The number of rotatable bonds is 2. The quantitative estimate of drug-likeness (QED) is 0.743. The van der Waals surface area contributed by atoms with Gasteiger partial charge in [-0.05, 0) is 18.6 Å². The second-order valence-corrected chi connectivity index (χ2v) is 4.06. The summed E-state index contributed by atoms with van der Waals surface area (Å²) in [6.07, 6.45) is 1.56. The van der Waals surface area contributed by atoms with Crippen molar-refractivity contribution in [2.24, 2.45) is 7.05 Å². The van der Waals surface area contributed by atoms with Gasteiger partial charge in [-0.25, -0.2) is 0 Å². The van der Waals surface area contributed by atoms with Crippen molar-refractivity contribution in [3.05, 3.63) is 35.7 Å². The van der Waals surface area contributed by atoms with Crippen LogP contribution in [0.15, 0.2) is 24.4 Å². The Morgan fingerprint density at radius 3 is 2.78 bits per heavy atom. The molecule has 0 spiro atoms. The zero-order valence-corrected chi connectivity index (χ0v) is 10.1. The Balaban J connectivity index is 2.21.